The van der Waals surface area contributed by atoms with Crippen LogP contribution in [0.2, 0.25) is 0 Å². The SMILES string of the molecule is [O-][n+]1c(C2CC2)nc(F)c2c1CCCC2. The second-order valence-corrected chi connectivity index (χ2v) is 4.46. The van der Waals surface area contributed by atoms with Crippen molar-refractivity contribution in [1.29, 1.82) is 0 Å². The largest absolute Gasteiger partial charge is 0.711 e. The van der Waals surface area contributed by atoms with Gasteiger partial charge in [-0.05, 0) is 37.1 Å². The average molecular weight is 208 g/mol. The first-order valence-corrected chi connectivity index (χ1v) is 5.58. The number of rotatable bonds is 1. The Labute approximate surface area is 87.5 Å². The van der Waals surface area contributed by atoms with Gasteiger partial charge in [-0.1, -0.05) is 0 Å². The predicted molar refractivity (Wildman–Crippen MR) is 51.8 cm³/mol. The Morgan fingerprint density at radius 1 is 1.27 bits per heavy atom. The number of hydrogen-bond donors (Lipinski definition) is 0. The minimum Gasteiger partial charge on any atom is -0.711 e. The molecule has 0 saturated heterocycles. The first-order valence-electron chi connectivity index (χ1n) is 5.58. The maximum Gasteiger partial charge on any atom is 0.328 e. The molecule has 0 unspecified atom stereocenters. The van der Waals surface area contributed by atoms with E-state index in [1.54, 1.807) is 0 Å². The molecule has 1 fully saturated rings. The molecule has 0 bridgehead atoms. The van der Waals surface area contributed by atoms with Crippen LogP contribution in [0, 0.1) is 11.2 Å². The fraction of sp³-hybridized carbons (Fsp3) is 0.636. The van der Waals surface area contributed by atoms with Crippen molar-refractivity contribution in [2.24, 2.45) is 0 Å². The van der Waals surface area contributed by atoms with Gasteiger partial charge in [0, 0.05) is 6.42 Å². The number of halogens is 1. The van der Waals surface area contributed by atoms with Crippen LogP contribution in [0.25, 0.3) is 0 Å². The molecular weight excluding hydrogens is 195 g/mol. The lowest BCUT2D eigenvalue weighted by Gasteiger charge is -2.18. The monoisotopic (exact) mass is 208 g/mol. The lowest BCUT2D eigenvalue weighted by Crippen LogP contribution is -2.41. The zero-order chi connectivity index (χ0) is 10.4. The molecule has 1 saturated carbocycles. The zero-order valence-corrected chi connectivity index (χ0v) is 8.50. The summed E-state index contributed by atoms with van der Waals surface area (Å²) in [5, 5.41) is 11.9. The van der Waals surface area contributed by atoms with Gasteiger partial charge in [0.2, 0.25) is 0 Å². The fourth-order valence-electron chi connectivity index (χ4n) is 2.29. The molecule has 3 nitrogen and oxygen atoms in total. The molecule has 0 aromatic carbocycles. The number of fused-ring (bicyclic) bond motifs is 1. The van der Waals surface area contributed by atoms with Crippen LogP contribution < -0.4 is 4.73 Å². The molecule has 0 radical (unpaired) electrons. The van der Waals surface area contributed by atoms with Crippen molar-refractivity contribution in [2.45, 2.75) is 44.4 Å². The first kappa shape index (κ1) is 9.07. The van der Waals surface area contributed by atoms with Gasteiger partial charge in [0.05, 0.1) is 11.5 Å². The molecule has 0 spiro atoms. The lowest BCUT2D eigenvalue weighted by molar-refractivity contribution is -0.627. The van der Waals surface area contributed by atoms with Crippen LogP contribution in [0.15, 0.2) is 0 Å². The molecule has 0 atom stereocenters. The van der Waals surface area contributed by atoms with E-state index in [-0.39, 0.29) is 5.92 Å². The molecule has 80 valence electrons. The predicted octanol–water partition coefficient (Wildman–Crippen LogP) is 1.61. The summed E-state index contributed by atoms with van der Waals surface area (Å²) in [6, 6.07) is 0. The van der Waals surface area contributed by atoms with E-state index >= 15 is 0 Å². The molecule has 1 heterocycles. The molecule has 0 N–H and O–H groups in total. The van der Waals surface area contributed by atoms with Gasteiger partial charge < -0.3 is 5.21 Å². The minimum absolute atomic E-state index is 0.212. The third-order valence-electron chi connectivity index (χ3n) is 3.30. The van der Waals surface area contributed by atoms with Crippen LogP contribution in [-0.4, -0.2) is 4.98 Å². The summed E-state index contributed by atoms with van der Waals surface area (Å²) in [6.45, 7) is 0. The molecular formula is C11H13FN2O. The molecule has 0 aliphatic heterocycles. The number of aromatic nitrogens is 2. The van der Waals surface area contributed by atoms with Crippen LogP contribution in [0.1, 0.15) is 48.7 Å². The van der Waals surface area contributed by atoms with Gasteiger partial charge in [0.15, 0.2) is 0 Å². The summed E-state index contributed by atoms with van der Waals surface area (Å²) in [5.41, 5.74) is 1.19. The van der Waals surface area contributed by atoms with Gasteiger partial charge in [-0.3, -0.25) is 0 Å². The Hall–Kier alpha value is -1.19. The second-order valence-electron chi connectivity index (χ2n) is 4.46. The van der Waals surface area contributed by atoms with Gasteiger partial charge >= 0.3 is 11.8 Å². The van der Waals surface area contributed by atoms with Crippen molar-refractivity contribution in [3.05, 3.63) is 28.2 Å². The van der Waals surface area contributed by atoms with Crippen molar-refractivity contribution in [2.75, 3.05) is 0 Å². The highest BCUT2D eigenvalue weighted by Crippen LogP contribution is 2.38. The fourth-order valence-corrected chi connectivity index (χ4v) is 2.29. The van der Waals surface area contributed by atoms with E-state index in [0.29, 0.717) is 29.9 Å². The van der Waals surface area contributed by atoms with Gasteiger partial charge in [0.1, 0.15) is 5.69 Å². The quantitative estimate of drug-likeness (QED) is 0.399. The number of nitrogens with zero attached hydrogens (tertiary/aromatic N) is 2. The number of hydrogen-bond acceptors (Lipinski definition) is 2. The molecule has 4 heteroatoms. The Morgan fingerprint density at radius 2 is 2.00 bits per heavy atom. The van der Waals surface area contributed by atoms with Gasteiger partial charge in [-0.25, -0.2) is 4.73 Å². The van der Waals surface area contributed by atoms with Gasteiger partial charge in [0.25, 0.3) is 0 Å². The van der Waals surface area contributed by atoms with Crippen molar-refractivity contribution in [3.8, 4) is 0 Å². The Balaban J connectivity index is 2.15. The van der Waals surface area contributed by atoms with Crippen LogP contribution in [0.4, 0.5) is 4.39 Å². The van der Waals surface area contributed by atoms with Crippen LogP contribution in [-0.2, 0) is 12.8 Å². The smallest absolute Gasteiger partial charge is 0.328 e. The molecule has 0 amide bonds. The first-order chi connectivity index (χ1) is 7.27. The molecule has 2 aliphatic rings. The van der Waals surface area contributed by atoms with E-state index in [2.05, 4.69) is 4.98 Å². The van der Waals surface area contributed by atoms with E-state index in [4.69, 9.17) is 0 Å². The van der Waals surface area contributed by atoms with E-state index in [1.165, 1.54) is 0 Å². The van der Waals surface area contributed by atoms with E-state index in [1.807, 2.05) is 0 Å². The second kappa shape index (κ2) is 3.15. The van der Waals surface area contributed by atoms with Crippen molar-refractivity contribution >= 4 is 0 Å². The maximum atomic E-state index is 13.6. The highest BCUT2D eigenvalue weighted by Gasteiger charge is 2.36. The third kappa shape index (κ3) is 1.39. The van der Waals surface area contributed by atoms with Crippen LogP contribution in [0.3, 0.4) is 0 Å². The summed E-state index contributed by atoms with van der Waals surface area (Å²) in [5.74, 6) is 0.219. The Bertz CT molecular complexity index is 416. The Morgan fingerprint density at radius 3 is 2.73 bits per heavy atom. The van der Waals surface area contributed by atoms with Crippen LogP contribution >= 0.6 is 0 Å². The van der Waals surface area contributed by atoms with E-state index in [0.717, 1.165) is 30.4 Å². The third-order valence-corrected chi connectivity index (χ3v) is 3.30. The molecule has 15 heavy (non-hydrogen) atoms. The normalized spacial score (nSPS) is 20.1. The topological polar surface area (TPSA) is 39.8 Å². The molecule has 2 aliphatic carbocycles. The Kier molecular flexibility index (Phi) is 1.90. The highest BCUT2D eigenvalue weighted by atomic mass is 19.1. The van der Waals surface area contributed by atoms with Crippen LogP contribution in [0.5, 0.6) is 0 Å². The van der Waals surface area contributed by atoms with Gasteiger partial charge in [-0.2, -0.15) is 4.39 Å². The molecule has 1 aromatic heterocycles. The standard InChI is InChI=1S/C11H13FN2O/c12-10-8-3-1-2-4-9(8)14(15)11(13-10)7-5-6-7/h7H,1-6H2. The molecule has 3 rings (SSSR count). The summed E-state index contributed by atoms with van der Waals surface area (Å²) >= 11 is 0. The summed E-state index contributed by atoms with van der Waals surface area (Å²) in [4.78, 5) is 3.83. The van der Waals surface area contributed by atoms with Gasteiger partial charge in [-0.15, -0.1) is 0 Å². The van der Waals surface area contributed by atoms with Crippen molar-refractivity contribution in [1.82, 2.24) is 4.98 Å². The van der Waals surface area contributed by atoms with Crippen molar-refractivity contribution in [3.63, 3.8) is 0 Å². The zero-order valence-electron chi connectivity index (χ0n) is 8.50. The van der Waals surface area contributed by atoms with Crippen molar-refractivity contribution < 1.29 is 9.12 Å². The van der Waals surface area contributed by atoms with E-state index < -0.39 is 5.95 Å². The average Bonchev–Trinajstić information content (AvgIpc) is 3.07. The summed E-state index contributed by atoms with van der Waals surface area (Å²) in [6.07, 6.45) is 5.29. The van der Waals surface area contributed by atoms with E-state index in [9.17, 15) is 9.60 Å². The summed E-state index contributed by atoms with van der Waals surface area (Å²) < 4.78 is 14.5. The minimum atomic E-state index is -0.404. The maximum absolute atomic E-state index is 13.6. The highest BCUT2D eigenvalue weighted by molar-refractivity contribution is 5.19. The summed E-state index contributed by atoms with van der Waals surface area (Å²) in [7, 11) is 0. The molecule has 1 aromatic rings. The lowest BCUT2D eigenvalue weighted by atomic mass is 9.97.